The molecule has 0 spiro atoms. The van der Waals surface area contributed by atoms with E-state index in [9.17, 15) is 9.59 Å². The van der Waals surface area contributed by atoms with Gasteiger partial charge in [0.1, 0.15) is 0 Å². The molecule has 116 valence electrons. The first-order valence-electron chi connectivity index (χ1n) is 7.26. The van der Waals surface area contributed by atoms with Crippen LogP contribution in [-0.2, 0) is 27.2 Å². The molecule has 0 aliphatic heterocycles. The molecule has 0 aromatic heterocycles. The first-order chi connectivity index (χ1) is 10.1. The third kappa shape index (κ3) is 5.79. The number of carbonyl (C=O) groups excluding carboxylic acids is 2. The fraction of sp³-hybridized carbons (Fsp3) is 0.500. The molecule has 0 saturated heterocycles. The molecule has 4 nitrogen and oxygen atoms in total. The Bertz CT molecular complexity index is 466. The van der Waals surface area contributed by atoms with Crippen molar-refractivity contribution in [2.24, 2.45) is 0 Å². The molecule has 1 amide bonds. The van der Waals surface area contributed by atoms with Crippen molar-refractivity contribution in [2.75, 3.05) is 23.4 Å². The summed E-state index contributed by atoms with van der Waals surface area (Å²) in [6, 6.07) is 6.07. The zero-order valence-electron chi connectivity index (χ0n) is 12.9. The van der Waals surface area contributed by atoms with Gasteiger partial charge in [-0.1, -0.05) is 32.0 Å². The van der Waals surface area contributed by atoms with Crippen LogP contribution < -0.4 is 5.32 Å². The van der Waals surface area contributed by atoms with E-state index in [-0.39, 0.29) is 23.4 Å². The molecule has 1 N–H and O–H groups in total. The van der Waals surface area contributed by atoms with Crippen molar-refractivity contribution in [3.05, 3.63) is 29.3 Å². The molecule has 21 heavy (non-hydrogen) atoms. The Morgan fingerprint density at radius 1 is 1.10 bits per heavy atom. The van der Waals surface area contributed by atoms with Crippen molar-refractivity contribution >= 4 is 29.3 Å². The van der Waals surface area contributed by atoms with Crippen LogP contribution in [-0.4, -0.2) is 30.0 Å². The summed E-state index contributed by atoms with van der Waals surface area (Å²) in [6.45, 7) is 6.28. The van der Waals surface area contributed by atoms with Gasteiger partial charge in [-0.15, -0.1) is 11.8 Å². The molecule has 5 heteroatoms. The van der Waals surface area contributed by atoms with Gasteiger partial charge >= 0.3 is 5.97 Å². The fourth-order valence-corrected chi connectivity index (χ4v) is 2.62. The molecule has 1 rings (SSSR count). The second-order valence-electron chi connectivity index (χ2n) is 4.50. The highest BCUT2D eigenvalue weighted by Gasteiger charge is 2.11. The van der Waals surface area contributed by atoms with Crippen LogP contribution in [0.2, 0.25) is 0 Å². The number of aryl methyl sites for hydroxylation is 2. The number of thioether (sulfide) groups is 1. The van der Waals surface area contributed by atoms with Crippen LogP contribution in [0.25, 0.3) is 0 Å². The van der Waals surface area contributed by atoms with E-state index in [1.165, 1.54) is 11.8 Å². The molecule has 0 atom stereocenters. The predicted octanol–water partition coefficient (Wildman–Crippen LogP) is 3.05. The number of ether oxygens (including phenoxy) is 1. The maximum atomic E-state index is 12.0. The highest BCUT2D eigenvalue weighted by molar-refractivity contribution is 8.00. The minimum Gasteiger partial charge on any atom is -0.465 e. The third-order valence-corrected chi connectivity index (χ3v) is 3.93. The molecule has 0 fully saturated rings. The van der Waals surface area contributed by atoms with Crippen LogP contribution in [0.15, 0.2) is 18.2 Å². The van der Waals surface area contributed by atoms with E-state index in [2.05, 4.69) is 19.2 Å². The Hall–Kier alpha value is -1.49. The van der Waals surface area contributed by atoms with Crippen LogP contribution in [0.4, 0.5) is 5.69 Å². The van der Waals surface area contributed by atoms with Gasteiger partial charge in [-0.25, -0.2) is 0 Å². The van der Waals surface area contributed by atoms with E-state index in [4.69, 9.17) is 4.74 Å². The van der Waals surface area contributed by atoms with Gasteiger partial charge in [0.25, 0.3) is 0 Å². The number of hydrogen-bond acceptors (Lipinski definition) is 4. The first-order valence-corrected chi connectivity index (χ1v) is 8.41. The molecule has 0 aliphatic carbocycles. The zero-order chi connectivity index (χ0) is 15.7. The summed E-state index contributed by atoms with van der Waals surface area (Å²) in [4.78, 5) is 23.2. The Morgan fingerprint density at radius 2 is 1.71 bits per heavy atom. The number of rotatable bonds is 8. The summed E-state index contributed by atoms with van der Waals surface area (Å²) in [5, 5.41) is 2.97. The Balaban J connectivity index is 2.57. The van der Waals surface area contributed by atoms with Gasteiger partial charge < -0.3 is 10.1 Å². The quantitative estimate of drug-likeness (QED) is 0.750. The summed E-state index contributed by atoms with van der Waals surface area (Å²) >= 11 is 1.27. The number of amides is 1. The van der Waals surface area contributed by atoms with Gasteiger partial charge in [0.15, 0.2) is 0 Å². The second kappa shape index (κ2) is 9.45. The summed E-state index contributed by atoms with van der Waals surface area (Å²) < 4.78 is 4.82. The predicted molar refractivity (Wildman–Crippen MR) is 87.8 cm³/mol. The summed E-state index contributed by atoms with van der Waals surface area (Å²) in [5.41, 5.74) is 3.19. The van der Waals surface area contributed by atoms with Crippen LogP contribution in [0.5, 0.6) is 0 Å². The van der Waals surface area contributed by atoms with E-state index in [1.54, 1.807) is 6.92 Å². The lowest BCUT2D eigenvalue weighted by molar-refractivity contribution is -0.139. The maximum absolute atomic E-state index is 12.0. The van der Waals surface area contributed by atoms with Gasteiger partial charge in [0, 0.05) is 5.69 Å². The van der Waals surface area contributed by atoms with Gasteiger partial charge in [-0.05, 0) is 30.9 Å². The Morgan fingerprint density at radius 3 is 2.24 bits per heavy atom. The van der Waals surface area contributed by atoms with Crippen LogP contribution in [0.3, 0.4) is 0 Å². The number of anilines is 1. The molecule has 0 heterocycles. The monoisotopic (exact) mass is 309 g/mol. The highest BCUT2D eigenvalue weighted by Crippen LogP contribution is 2.22. The van der Waals surface area contributed by atoms with E-state index in [0.717, 1.165) is 29.7 Å². The number of hydrogen-bond donors (Lipinski definition) is 1. The van der Waals surface area contributed by atoms with Crippen LogP contribution in [0, 0.1) is 0 Å². The fourth-order valence-electron chi connectivity index (χ4n) is 2.01. The van der Waals surface area contributed by atoms with Gasteiger partial charge in [-0.3, -0.25) is 9.59 Å². The standard InChI is InChI=1S/C16H23NO3S/c1-4-12-8-7-9-13(5-2)16(12)17-14(18)10-21-11-15(19)20-6-3/h7-9H,4-6,10-11H2,1-3H3,(H,17,18). The molecular formula is C16H23NO3S. The summed E-state index contributed by atoms with van der Waals surface area (Å²) in [7, 11) is 0. The lowest BCUT2D eigenvalue weighted by Gasteiger charge is -2.14. The van der Waals surface area contributed by atoms with Crippen LogP contribution in [0.1, 0.15) is 31.9 Å². The van der Waals surface area contributed by atoms with E-state index in [0.29, 0.717) is 6.61 Å². The van der Waals surface area contributed by atoms with E-state index >= 15 is 0 Å². The molecule has 1 aromatic rings. The summed E-state index contributed by atoms with van der Waals surface area (Å²) in [5.74, 6) is 0.0931. The van der Waals surface area contributed by atoms with Crippen LogP contribution >= 0.6 is 11.8 Å². The number of nitrogens with one attached hydrogen (secondary N) is 1. The van der Waals surface area contributed by atoms with Crippen molar-refractivity contribution < 1.29 is 14.3 Å². The van der Waals surface area contributed by atoms with E-state index < -0.39 is 0 Å². The average Bonchev–Trinajstić information content (AvgIpc) is 2.47. The number of para-hydroxylation sites is 1. The molecule has 0 bridgehead atoms. The summed E-state index contributed by atoms with van der Waals surface area (Å²) in [6.07, 6.45) is 1.75. The van der Waals surface area contributed by atoms with Crippen molar-refractivity contribution in [3.63, 3.8) is 0 Å². The number of benzene rings is 1. The average molecular weight is 309 g/mol. The van der Waals surface area contributed by atoms with Crippen molar-refractivity contribution in [1.82, 2.24) is 0 Å². The molecule has 0 aliphatic rings. The molecule has 0 radical (unpaired) electrons. The minimum absolute atomic E-state index is 0.0834. The van der Waals surface area contributed by atoms with Gasteiger partial charge in [0.05, 0.1) is 18.1 Å². The first kappa shape index (κ1) is 17.6. The number of carbonyl (C=O) groups is 2. The largest absolute Gasteiger partial charge is 0.465 e. The lowest BCUT2D eigenvalue weighted by atomic mass is 10.0. The van der Waals surface area contributed by atoms with Gasteiger partial charge in [-0.2, -0.15) is 0 Å². The molecule has 0 unspecified atom stereocenters. The number of esters is 1. The van der Waals surface area contributed by atoms with E-state index in [1.807, 2.05) is 18.2 Å². The Kier molecular flexibility index (Phi) is 7.90. The lowest BCUT2D eigenvalue weighted by Crippen LogP contribution is -2.18. The maximum Gasteiger partial charge on any atom is 0.315 e. The second-order valence-corrected chi connectivity index (χ2v) is 5.49. The Labute approximate surface area is 130 Å². The normalized spacial score (nSPS) is 10.2. The molecule has 0 saturated carbocycles. The van der Waals surface area contributed by atoms with Crippen molar-refractivity contribution in [2.45, 2.75) is 33.6 Å². The SMILES string of the molecule is CCOC(=O)CSCC(=O)Nc1c(CC)cccc1CC. The molecule has 1 aromatic carbocycles. The van der Waals surface area contributed by atoms with Gasteiger partial charge in [0.2, 0.25) is 5.91 Å². The highest BCUT2D eigenvalue weighted by atomic mass is 32.2. The smallest absolute Gasteiger partial charge is 0.315 e. The van der Waals surface area contributed by atoms with Crippen molar-refractivity contribution in [3.8, 4) is 0 Å². The van der Waals surface area contributed by atoms with Crippen molar-refractivity contribution in [1.29, 1.82) is 0 Å². The third-order valence-electron chi connectivity index (χ3n) is 3.02. The minimum atomic E-state index is -0.279. The topological polar surface area (TPSA) is 55.4 Å². The zero-order valence-corrected chi connectivity index (χ0v) is 13.7. The molecular weight excluding hydrogens is 286 g/mol.